The number of hydrogen-bond acceptors (Lipinski definition) is 3. The van der Waals surface area contributed by atoms with Crippen molar-refractivity contribution in [1.29, 1.82) is 0 Å². The highest BCUT2D eigenvalue weighted by molar-refractivity contribution is 5.94. The Kier molecular flexibility index (Phi) is 3.84. The van der Waals surface area contributed by atoms with Gasteiger partial charge in [0.2, 0.25) is 0 Å². The Balaban J connectivity index is 2.00. The second kappa shape index (κ2) is 5.38. The van der Waals surface area contributed by atoms with Crippen LogP contribution in [0, 0.1) is 5.92 Å². The molecule has 1 aliphatic carbocycles. The van der Waals surface area contributed by atoms with Gasteiger partial charge in [-0.05, 0) is 38.3 Å². The van der Waals surface area contributed by atoms with Crippen molar-refractivity contribution < 1.29 is 4.79 Å². The number of carbonyl (C=O) groups excluding carboxylic acids is 1. The van der Waals surface area contributed by atoms with Crippen molar-refractivity contribution in [3.63, 3.8) is 0 Å². The Morgan fingerprint density at radius 3 is 2.56 bits per heavy atom. The van der Waals surface area contributed by atoms with E-state index in [0.717, 1.165) is 25.3 Å². The van der Waals surface area contributed by atoms with Gasteiger partial charge in [0.15, 0.2) is 0 Å². The molecule has 1 N–H and O–H groups in total. The largest absolute Gasteiger partial charge is 0.357 e. The molecule has 0 spiro atoms. The van der Waals surface area contributed by atoms with E-state index in [2.05, 4.69) is 36.0 Å². The van der Waals surface area contributed by atoms with E-state index in [1.54, 1.807) is 6.20 Å². The van der Waals surface area contributed by atoms with Crippen LogP contribution in [0.25, 0.3) is 0 Å². The lowest BCUT2D eigenvalue weighted by molar-refractivity contribution is 0.0949. The zero-order valence-corrected chi connectivity index (χ0v) is 11.3. The molecule has 2 rings (SSSR count). The van der Waals surface area contributed by atoms with Crippen LogP contribution in [0.3, 0.4) is 0 Å². The van der Waals surface area contributed by atoms with Crippen LogP contribution < -0.4 is 10.2 Å². The second-order valence-electron chi connectivity index (χ2n) is 4.87. The van der Waals surface area contributed by atoms with Crippen LogP contribution in [0.15, 0.2) is 18.3 Å². The number of nitrogens with one attached hydrogen (secondary N) is 1. The molecule has 0 radical (unpaired) electrons. The minimum absolute atomic E-state index is 0.0112. The molecule has 1 amide bonds. The minimum Gasteiger partial charge on any atom is -0.357 e. The molecule has 1 aromatic heterocycles. The van der Waals surface area contributed by atoms with Crippen LogP contribution in [-0.2, 0) is 0 Å². The summed E-state index contributed by atoms with van der Waals surface area (Å²) in [6, 6.07) is 4.13. The van der Waals surface area contributed by atoms with Gasteiger partial charge in [-0.3, -0.25) is 4.79 Å². The molecule has 18 heavy (non-hydrogen) atoms. The summed E-state index contributed by atoms with van der Waals surface area (Å²) in [4.78, 5) is 18.4. The molecule has 1 aromatic rings. The van der Waals surface area contributed by atoms with Gasteiger partial charge < -0.3 is 10.2 Å². The van der Waals surface area contributed by atoms with Gasteiger partial charge in [0.1, 0.15) is 5.82 Å². The van der Waals surface area contributed by atoms with Crippen LogP contribution in [0.1, 0.15) is 37.6 Å². The summed E-state index contributed by atoms with van der Waals surface area (Å²) in [6.45, 7) is 8.19. The summed E-state index contributed by atoms with van der Waals surface area (Å²) in [5, 5.41) is 3.00. The van der Waals surface area contributed by atoms with Gasteiger partial charge >= 0.3 is 0 Å². The number of nitrogens with zero attached hydrogens (tertiary/aromatic N) is 2. The highest BCUT2D eigenvalue weighted by Gasteiger charge is 2.33. The normalized spacial score (nSPS) is 21.5. The maximum absolute atomic E-state index is 11.9. The highest BCUT2D eigenvalue weighted by Crippen LogP contribution is 2.29. The van der Waals surface area contributed by atoms with E-state index in [4.69, 9.17) is 0 Å². The average Bonchev–Trinajstić information content (AvgIpc) is 3.07. The number of hydrogen-bond donors (Lipinski definition) is 1. The van der Waals surface area contributed by atoms with Gasteiger partial charge in [0.25, 0.3) is 5.91 Å². The van der Waals surface area contributed by atoms with E-state index in [0.29, 0.717) is 17.5 Å². The van der Waals surface area contributed by atoms with Crippen LogP contribution >= 0.6 is 0 Å². The van der Waals surface area contributed by atoms with Crippen molar-refractivity contribution in [3.05, 3.63) is 23.9 Å². The van der Waals surface area contributed by atoms with Crippen molar-refractivity contribution in [2.45, 2.75) is 33.2 Å². The molecule has 1 fully saturated rings. The van der Waals surface area contributed by atoms with Gasteiger partial charge in [0.05, 0.1) is 5.56 Å². The zero-order chi connectivity index (χ0) is 13.1. The van der Waals surface area contributed by atoms with Crippen molar-refractivity contribution in [1.82, 2.24) is 10.3 Å². The summed E-state index contributed by atoms with van der Waals surface area (Å²) in [6.07, 6.45) is 2.76. The van der Waals surface area contributed by atoms with Gasteiger partial charge in [-0.15, -0.1) is 0 Å². The molecule has 0 aromatic carbocycles. The first-order chi connectivity index (χ1) is 8.65. The van der Waals surface area contributed by atoms with Crippen LogP contribution in [0.2, 0.25) is 0 Å². The van der Waals surface area contributed by atoms with Crippen LogP contribution in [-0.4, -0.2) is 30.0 Å². The van der Waals surface area contributed by atoms with Gasteiger partial charge in [-0.1, -0.05) is 6.92 Å². The fourth-order valence-electron chi connectivity index (χ4n) is 2.03. The molecule has 1 aliphatic rings. The number of aromatic nitrogens is 1. The molecule has 0 unspecified atom stereocenters. The Hall–Kier alpha value is -1.58. The summed E-state index contributed by atoms with van der Waals surface area (Å²) in [5.74, 6) is 1.54. The molecule has 0 bridgehead atoms. The van der Waals surface area contributed by atoms with Gasteiger partial charge in [0, 0.05) is 25.3 Å². The standard InChI is InChI=1S/C14H21N3O/c1-4-17(5-2)13-7-6-11(9-15-13)14(18)16-12-8-10(12)3/h6-7,9-10,12H,4-5,8H2,1-3H3,(H,16,18)/t10-,12-/m1/s1. The topological polar surface area (TPSA) is 45.2 Å². The molecular weight excluding hydrogens is 226 g/mol. The molecule has 1 heterocycles. The van der Waals surface area contributed by atoms with E-state index in [-0.39, 0.29) is 5.91 Å². The first-order valence-electron chi connectivity index (χ1n) is 6.67. The molecule has 98 valence electrons. The molecule has 0 saturated heterocycles. The lowest BCUT2D eigenvalue weighted by atomic mass is 10.2. The lowest BCUT2D eigenvalue weighted by Crippen LogP contribution is -2.27. The van der Waals surface area contributed by atoms with Crippen LogP contribution in [0.4, 0.5) is 5.82 Å². The van der Waals surface area contributed by atoms with E-state index < -0.39 is 0 Å². The Morgan fingerprint density at radius 1 is 1.44 bits per heavy atom. The van der Waals surface area contributed by atoms with Crippen molar-refractivity contribution >= 4 is 11.7 Å². The number of anilines is 1. The Morgan fingerprint density at radius 2 is 2.11 bits per heavy atom. The lowest BCUT2D eigenvalue weighted by Gasteiger charge is -2.19. The molecule has 4 heteroatoms. The fourth-order valence-corrected chi connectivity index (χ4v) is 2.03. The number of amides is 1. The Labute approximate surface area is 108 Å². The summed E-state index contributed by atoms with van der Waals surface area (Å²) in [7, 11) is 0. The maximum atomic E-state index is 11.9. The van der Waals surface area contributed by atoms with E-state index in [1.807, 2.05) is 12.1 Å². The van der Waals surface area contributed by atoms with Crippen molar-refractivity contribution in [2.75, 3.05) is 18.0 Å². The fraction of sp³-hybridized carbons (Fsp3) is 0.571. The molecule has 1 saturated carbocycles. The third kappa shape index (κ3) is 2.81. The SMILES string of the molecule is CCN(CC)c1ccc(C(=O)N[C@@H]2C[C@H]2C)cn1. The quantitative estimate of drug-likeness (QED) is 0.866. The summed E-state index contributed by atoms with van der Waals surface area (Å²) >= 11 is 0. The van der Waals surface area contributed by atoms with Crippen molar-refractivity contribution in [3.8, 4) is 0 Å². The van der Waals surface area contributed by atoms with E-state index in [1.165, 1.54) is 0 Å². The average molecular weight is 247 g/mol. The molecule has 2 atom stereocenters. The van der Waals surface area contributed by atoms with E-state index in [9.17, 15) is 4.79 Å². The first-order valence-corrected chi connectivity index (χ1v) is 6.67. The third-order valence-electron chi connectivity index (χ3n) is 3.52. The predicted octanol–water partition coefficient (Wildman–Crippen LogP) is 2.07. The summed E-state index contributed by atoms with van der Waals surface area (Å²) < 4.78 is 0. The molecular formula is C14H21N3O. The van der Waals surface area contributed by atoms with Crippen molar-refractivity contribution in [2.24, 2.45) is 5.92 Å². The summed E-state index contributed by atoms with van der Waals surface area (Å²) in [5.41, 5.74) is 0.644. The zero-order valence-electron chi connectivity index (χ0n) is 11.3. The highest BCUT2D eigenvalue weighted by atomic mass is 16.1. The van der Waals surface area contributed by atoms with Gasteiger partial charge in [-0.25, -0.2) is 4.98 Å². The maximum Gasteiger partial charge on any atom is 0.253 e. The Bertz CT molecular complexity index is 412. The smallest absolute Gasteiger partial charge is 0.253 e. The van der Waals surface area contributed by atoms with Crippen LogP contribution in [0.5, 0.6) is 0 Å². The number of pyridine rings is 1. The second-order valence-corrected chi connectivity index (χ2v) is 4.87. The molecule has 0 aliphatic heterocycles. The van der Waals surface area contributed by atoms with E-state index >= 15 is 0 Å². The number of carbonyl (C=O) groups is 1. The molecule has 4 nitrogen and oxygen atoms in total. The predicted molar refractivity (Wildman–Crippen MR) is 72.8 cm³/mol. The monoisotopic (exact) mass is 247 g/mol. The van der Waals surface area contributed by atoms with Gasteiger partial charge in [-0.2, -0.15) is 0 Å². The minimum atomic E-state index is -0.0112. The first kappa shape index (κ1) is 12.9. The third-order valence-corrected chi connectivity index (χ3v) is 3.52. The number of rotatable bonds is 5.